The van der Waals surface area contributed by atoms with E-state index in [4.69, 9.17) is 11.6 Å². The summed E-state index contributed by atoms with van der Waals surface area (Å²) in [4.78, 5) is 1.19. The number of rotatable bonds is 5. The van der Waals surface area contributed by atoms with Gasteiger partial charge in [-0.25, -0.2) is 13.1 Å². The van der Waals surface area contributed by atoms with Crippen LogP contribution in [0.5, 0.6) is 0 Å². The van der Waals surface area contributed by atoms with E-state index in [1.165, 1.54) is 24.2 Å². The van der Waals surface area contributed by atoms with Gasteiger partial charge in [-0.1, -0.05) is 12.8 Å². The van der Waals surface area contributed by atoms with Crippen LogP contribution in [0.25, 0.3) is 0 Å². The van der Waals surface area contributed by atoms with Gasteiger partial charge in [-0.3, -0.25) is 0 Å². The Hall–Kier alpha value is 0.380. The lowest BCUT2D eigenvalue weighted by Crippen LogP contribution is -2.35. The predicted molar refractivity (Wildman–Crippen MR) is 88.1 cm³/mol. The molecule has 7 heteroatoms. The Morgan fingerprint density at radius 3 is 2.60 bits per heavy atom. The van der Waals surface area contributed by atoms with Crippen molar-refractivity contribution >= 4 is 48.9 Å². The molecular formula is C13H19BrClNO2S2. The van der Waals surface area contributed by atoms with Crippen LogP contribution in [-0.2, 0) is 10.0 Å². The molecule has 0 saturated heterocycles. The van der Waals surface area contributed by atoms with Gasteiger partial charge in [-0.05, 0) is 53.6 Å². The topological polar surface area (TPSA) is 46.2 Å². The number of aryl methyl sites for hydroxylation is 1. The lowest BCUT2D eigenvalue weighted by molar-refractivity contribution is 0.260. The fraction of sp³-hybridized carbons (Fsp3) is 0.692. The minimum Gasteiger partial charge on any atom is -0.211 e. The summed E-state index contributed by atoms with van der Waals surface area (Å²) < 4.78 is 28.3. The normalized spacial score (nSPS) is 23.9. The van der Waals surface area contributed by atoms with Crippen molar-refractivity contribution in [3.8, 4) is 0 Å². The number of thiophene rings is 1. The molecular weight excluding hydrogens is 382 g/mol. The van der Waals surface area contributed by atoms with E-state index >= 15 is 0 Å². The molecule has 3 nitrogen and oxygen atoms in total. The zero-order valence-electron chi connectivity index (χ0n) is 11.4. The summed E-state index contributed by atoms with van der Waals surface area (Å²) >= 11 is 10.8. The van der Waals surface area contributed by atoms with Crippen LogP contribution >= 0.6 is 38.9 Å². The molecule has 2 rings (SSSR count). The molecule has 1 heterocycles. The van der Waals surface area contributed by atoms with Gasteiger partial charge < -0.3 is 0 Å². The van der Waals surface area contributed by atoms with Crippen molar-refractivity contribution in [2.75, 3.05) is 12.4 Å². The van der Waals surface area contributed by atoms with E-state index in [9.17, 15) is 8.42 Å². The second-order valence-electron chi connectivity index (χ2n) is 5.28. The second kappa shape index (κ2) is 7.09. The molecule has 0 spiro atoms. The van der Waals surface area contributed by atoms with Crippen molar-refractivity contribution in [2.24, 2.45) is 11.8 Å². The highest BCUT2D eigenvalue weighted by atomic mass is 79.9. The van der Waals surface area contributed by atoms with Crippen molar-refractivity contribution in [3.05, 3.63) is 14.7 Å². The first-order valence-corrected chi connectivity index (χ1v) is 10.4. The molecule has 2 unspecified atom stereocenters. The van der Waals surface area contributed by atoms with Gasteiger partial charge in [-0.15, -0.1) is 22.9 Å². The van der Waals surface area contributed by atoms with E-state index in [1.807, 2.05) is 6.92 Å². The molecule has 1 aliphatic carbocycles. The Labute approximate surface area is 138 Å². The first kappa shape index (κ1) is 16.7. The predicted octanol–water partition coefficient (Wildman–Crippen LogP) is 4.14. The molecule has 0 amide bonds. The van der Waals surface area contributed by atoms with E-state index in [-0.39, 0.29) is 0 Å². The quantitative estimate of drug-likeness (QED) is 0.755. The van der Waals surface area contributed by atoms with Crippen molar-refractivity contribution in [2.45, 2.75) is 37.5 Å². The molecule has 0 aliphatic heterocycles. The highest BCUT2D eigenvalue weighted by Gasteiger charge is 2.27. The fourth-order valence-corrected chi connectivity index (χ4v) is 6.66. The highest BCUT2D eigenvalue weighted by Crippen LogP contribution is 2.32. The Morgan fingerprint density at radius 2 is 2.05 bits per heavy atom. The minimum atomic E-state index is -3.41. The molecule has 2 atom stereocenters. The van der Waals surface area contributed by atoms with Gasteiger partial charge in [0.2, 0.25) is 10.0 Å². The summed E-state index contributed by atoms with van der Waals surface area (Å²) in [5, 5.41) is 0. The van der Waals surface area contributed by atoms with Gasteiger partial charge in [0, 0.05) is 17.3 Å². The van der Waals surface area contributed by atoms with E-state index in [0.29, 0.717) is 29.2 Å². The zero-order chi connectivity index (χ0) is 14.8. The maximum Gasteiger partial charge on any atom is 0.241 e. The lowest BCUT2D eigenvalue weighted by atomic mass is 9.80. The first-order valence-electron chi connectivity index (χ1n) is 6.75. The van der Waals surface area contributed by atoms with Gasteiger partial charge in [0.25, 0.3) is 0 Å². The molecule has 1 N–H and O–H groups in total. The monoisotopic (exact) mass is 399 g/mol. The number of halogens is 2. The zero-order valence-corrected chi connectivity index (χ0v) is 15.3. The molecule has 1 aromatic rings. The lowest BCUT2D eigenvalue weighted by Gasteiger charge is -2.30. The third kappa shape index (κ3) is 3.97. The molecule has 0 bridgehead atoms. The smallest absolute Gasteiger partial charge is 0.211 e. The number of sulfonamides is 1. The molecule has 20 heavy (non-hydrogen) atoms. The molecule has 0 aromatic carbocycles. The Kier molecular flexibility index (Phi) is 5.94. The highest BCUT2D eigenvalue weighted by molar-refractivity contribution is 9.11. The molecule has 1 aliphatic rings. The standard InChI is InChI=1S/C13H19BrClNO2S2/c1-9-12(6-13(14)19-9)20(17,18)16-8-11-5-3-2-4-10(11)7-15/h6,10-11,16H,2-5,7-8H2,1H3. The molecule has 114 valence electrons. The Bertz CT molecular complexity index is 559. The second-order valence-corrected chi connectivity index (χ2v) is 9.96. The van der Waals surface area contributed by atoms with Crippen LogP contribution in [0, 0.1) is 18.8 Å². The number of alkyl halides is 1. The van der Waals surface area contributed by atoms with Gasteiger partial charge in [0.15, 0.2) is 0 Å². The van der Waals surface area contributed by atoms with Crippen LogP contribution in [0.3, 0.4) is 0 Å². The Morgan fingerprint density at radius 1 is 1.40 bits per heavy atom. The SMILES string of the molecule is Cc1sc(Br)cc1S(=O)(=O)NCC1CCCCC1CCl. The summed E-state index contributed by atoms with van der Waals surface area (Å²) in [6.45, 7) is 2.32. The molecule has 1 saturated carbocycles. The maximum atomic E-state index is 12.3. The van der Waals surface area contributed by atoms with E-state index < -0.39 is 10.0 Å². The van der Waals surface area contributed by atoms with Crippen molar-refractivity contribution < 1.29 is 8.42 Å². The summed E-state index contributed by atoms with van der Waals surface area (Å²) in [7, 11) is -3.41. The average Bonchev–Trinajstić information content (AvgIpc) is 2.76. The molecule has 0 radical (unpaired) electrons. The third-order valence-electron chi connectivity index (χ3n) is 3.93. The van der Waals surface area contributed by atoms with Crippen LogP contribution in [0.2, 0.25) is 0 Å². The van der Waals surface area contributed by atoms with Crippen molar-refractivity contribution in [3.63, 3.8) is 0 Å². The Balaban J connectivity index is 2.03. The van der Waals surface area contributed by atoms with E-state index in [2.05, 4.69) is 20.7 Å². The van der Waals surface area contributed by atoms with Crippen LogP contribution in [0.15, 0.2) is 14.7 Å². The van der Waals surface area contributed by atoms with Crippen LogP contribution in [0.1, 0.15) is 30.6 Å². The molecule has 1 fully saturated rings. The van der Waals surface area contributed by atoms with Gasteiger partial charge in [0.05, 0.1) is 8.68 Å². The number of hydrogen-bond donors (Lipinski definition) is 1. The summed E-state index contributed by atoms with van der Waals surface area (Å²) in [6, 6.07) is 1.67. The van der Waals surface area contributed by atoms with Crippen LogP contribution in [-0.4, -0.2) is 20.8 Å². The summed E-state index contributed by atoms with van der Waals surface area (Å²) in [5.41, 5.74) is 0. The third-order valence-corrected chi connectivity index (χ3v) is 7.56. The summed E-state index contributed by atoms with van der Waals surface area (Å²) in [6.07, 6.45) is 4.55. The van der Waals surface area contributed by atoms with E-state index in [1.54, 1.807) is 6.07 Å². The number of nitrogens with one attached hydrogen (secondary N) is 1. The van der Waals surface area contributed by atoms with Crippen molar-refractivity contribution in [1.82, 2.24) is 4.72 Å². The van der Waals surface area contributed by atoms with Gasteiger partial charge >= 0.3 is 0 Å². The average molecular weight is 401 g/mol. The van der Waals surface area contributed by atoms with Gasteiger partial charge in [0.1, 0.15) is 0 Å². The van der Waals surface area contributed by atoms with E-state index in [0.717, 1.165) is 21.5 Å². The summed E-state index contributed by atoms with van der Waals surface area (Å²) in [5.74, 6) is 1.41. The maximum absolute atomic E-state index is 12.3. The number of hydrogen-bond acceptors (Lipinski definition) is 3. The fourth-order valence-electron chi connectivity index (χ4n) is 2.75. The van der Waals surface area contributed by atoms with Crippen molar-refractivity contribution in [1.29, 1.82) is 0 Å². The molecule has 1 aromatic heterocycles. The largest absolute Gasteiger partial charge is 0.241 e. The van der Waals surface area contributed by atoms with Crippen LogP contribution < -0.4 is 4.72 Å². The minimum absolute atomic E-state index is 0.360. The van der Waals surface area contributed by atoms with Gasteiger partial charge in [-0.2, -0.15) is 0 Å². The van der Waals surface area contributed by atoms with Crippen LogP contribution in [0.4, 0.5) is 0 Å². The first-order chi connectivity index (χ1) is 9.44.